The maximum Gasteiger partial charge on any atom is 0.188 e. The van der Waals surface area contributed by atoms with Crippen LogP contribution in [0.2, 0.25) is 10.0 Å². The first-order valence-electron chi connectivity index (χ1n) is 9.90. The number of nitrogens with zero attached hydrogens (tertiary/aromatic N) is 1. The molecule has 0 atom stereocenters. The van der Waals surface area contributed by atoms with E-state index in [9.17, 15) is 0 Å². The van der Waals surface area contributed by atoms with Crippen LogP contribution < -0.4 is 21.1 Å². The molecule has 0 aliphatic carbocycles. The standard InChI is InChI=1S/C23H23Cl2N5O/c1-27-23(26)28-9-2-10-31-21-13-17(29-16-6-3-14(24)4-7-16)12-19-18-11-15(25)5-8-20(18)30-22(19)21/h3-8,11-13,29-30H,2,9-10H2,1H3,(H3,26,27,28). The Morgan fingerprint density at radius 2 is 1.77 bits per heavy atom. The van der Waals surface area contributed by atoms with Gasteiger partial charge in [-0.3, -0.25) is 4.99 Å². The van der Waals surface area contributed by atoms with Crippen molar-refractivity contribution in [3.05, 3.63) is 64.6 Å². The third-order valence-electron chi connectivity index (χ3n) is 4.89. The molecule has 1 aromatic heterocycles. The van der Waals surface area contributed by atoms with E-state index >= 15 is 0 Å². The topological polar surface area (TPSA) is 87.5 Å². The number of ether oxygens (including phenoxy) is 1. The van der Waals surface area contributed by atoms with Gasteiger partial charge in [-0.1, -0.05) is 23.2 Å². The Morgan fingerprint density at radius 1 is 1.00 bits per heavy atom. The molecule has 0 unspecified atom stereocenters. The Labute approximate surface area is 190 Å². The molecule has 0 saturated carbocycles. The maximum atomic E-state index is 6.26. The minimum absolute atomic E-state index is 0.420. The molecule has 4 rings (SSSR count). The minimum Gasteiger partial charge on any atom is -0.491 e. The summed E-state index contributed by atoms with van der Waals surface area (Å²) in [5.74, 6) is 1.18. The number of hydrogen-bond donors (Lipinski definition) is 4. The van der Waals surface area contributed by atoms with Crippen molar-refractivity contribution < 1.29 is 4.74 Å². The van der Waals surface area contributed by atoms with Gasteiger partial charge in [-0.05, 0) is 55.0 Å². The lowest BCUT2D eigenvalue weighted by atomic mass is 10.1. The van der Waals surface area contributed by atoms with Crippen molar-refractivity contribution in [1.29, 1.82) is 0 Å². The number of hydrogen-bond acceptors (Lipinski definition) is 3. The zero-order chi connectivity index (χ0) is 21.8. The summed E-state index contributed by atoms with van der Waals surface area (Å²) >= 11 is 12.3. The molecule has 0 saturated heterocycles. The monoisotopic (exact) mass is 455 g/mol. The second-order valence-corrected chi connectivity index (χ2v) is 7.95. The first-order chi connectivity index (χ1) is 15.0. The summed E-state index contributed by atoms with van der Waals surface area (Å²) in [6.07, 6.45) is 0.776. The molecule has 0 radical (unpaired) electrons. The lowest BCUT2D eigenvalue weighted by Crippen LogP contribution is -2.32. The van der Waals surface area contributed by atoms with Crippen molar-refractivity contribution in [2.45, 2.75) is 6.42 Å². The first-order valence-corrected chi connectivity index (χ1v) is 10.7. The molecule has 5 N–H and O–H groups in total. The van der Waals surface area contributed by atoms with Gasteiger partial charge in [0.25, 0.3) is 0 Å². The zero-order valence-corrected chi connectivity index (χ0v) is 18.5. The van der Waals surface area contributed by atoms with Crippen LogP contribution in [0.25, 0.3) is 21.8 Å². The number of benzene rings is 3. The van der Waals surface area contributed by atoms with E-state index in [1.165, 1.54) is 0 Å². The van der Waals surface area contributed by atoms with E-state index in [1.807, 2.05) is 48.5 Å². The number of guanidine groups is 1. The molecule has 0 fully saturated rings. The summed E-state index contributed by atoms with van der Waals surface area (Å²) in [7, 11) is 1.65. The number of nitrogens with two attached hydrogens (primary N) is 1. The van der Waals surface area contributed by atoms with Crippen LogP contribution in [0, 0.1) is 0 Å². The van der Waals surface area contributed by atoms with E-state index < -0.39 is 0 Å². The molecule has 160 valence electrons. The van der Waals surface area contributed by atoms with Crippen LogP contribution in [0.1, 0.15) is 6.42 Å². The number of aromatic amines is 1. The zero-order valence-electron chi connectivity index (χ0n) is 17.0. The van der Waals surface area contributed by atoms with Gasteiger partial charge in [0.05, 0.1) is 12.1 Å². The SMILES string of the molecule is CN=C(N)NCCCOc1cc(Nc2ccc(Cl)cc2)cc2c1[nH]c1ccc(Cl)cc12. The largest absolute Gasteiger partial charge is 0.491 e. The molecule has 1 heterocycles. The van der Waals surface area contributed by atoms with Gasteiger partial charge < -0.3 is 26.1 Å². The van der Waals surface area contributed by atoms with Crippen molar-refractivity contribution in [1.82, 2.24) is 10.3 Å². The molecule has 0 spiro atoms. The highest BCUT2D eigenvalue weighted by Crippen LogP contribution is 2.37. The summed E-state index contributed by atoms with van der Waals surface area (Å²) in [6.45, 7) is 1.21. The molecule has 31 heavy (non-hydrogen) atoms. The van der Waals surface area contributed by atoms with Crippen molar-refractivity contribution in [2.75, 3.05) is 25.5 Å². The van der Waals surface area contributed by atoms with Crippen LogP contribution in [-0.4, -0.2) is 31.1 Å². The number of aliphatic imine (C=N–C) groups is 1. The predicted molar refractivity (Wildman–Crippen MR) is 131 cm³/mol. The van der Waals surface area contributed by atoms with Crippen molar-refractivity contribution in [3.8, 4) is 5.75 Å². The Balaban J connectivity index is 1.65. The summed E-state index contributed by atoms with van der Waals surface area (Å²) in [4.78, 5) is 7.34. The number of aromatic nitrogens is 1. The molecule has 0 aliphatic heterocycles. The van der Waals surface area contributed by atoms with E-state index in [2.05, 4.69) is 26.7 Å². The normalized spacial score (nSPS) is 11.8. The van der Waals surface area contributed by atoms with Gasteiger partial charge in [-0.15, -0.1) is 0 Å². The summed E-state index contributed by atoms with van der Waals surface area (Å²) in [5, 5.41) is 9.92. The van der Waals surface area contributed by atoms with Crippen LogP contribution in [0.15, 0.2) is 59.6 Å². The van der Waals surface area contributed by atoms with Gasteiger partial charge in [-0.25, -0.2) is 0 Å². The lowest BCUT2D eigenvalue weighted by molar-refractivity contribution is 0.314. The van der Waals surface area contributed by atoms with Crippen molar-refractivity contribution >= 4 is 62.3 Å². The van der Waals surface area contributed by atoms with Gasteiger partial charge in [0.1, 0.15) is 5.75 Å². The second-order valence-electron chi connectivity index (χ2n) is 7.08. The van der Waals surface area contributed by atoms with E-state index in [0.717, 1.165) is 45.4 Å². The fourth-order valence-corrected chi connectivity index (χ4v) is 3.67. The molecule has 0 bridgehead atoms. The van der Waals surface area contributed by atoms with E-state index in [4.69, 9.17) is 33.7 Å². The number of halogens is 2. The van der Waals surface area contributed by atoms with Gasteiger partial charge >= 0.3 is 0 Å². The fraction of sp³-hybridized carbons (Fsp3) is 0.174. The van der Waals surface area contributed by atoms with Gasteiger partial charge in [0.15, 0.2) is 5.96 Å². The molecular weight excluding hydrogens is 433 g/mol. The highest BCUT2D eigenvalue weighted by Gasteiger charge is 2.12. The molecular formula is C23H23Cl2N5O. The van der Waals surface area contributed by atoms with E-state index in [-0.39, 0.29) is 0 Å². The summed E-state index contributed by atoms with van der Waals surface area (Å²) < 4.78 is 6.15. The van der Waals surface area contributed by atoms with Crippen molar-refractivity contribution in [2.24, 2.45) is 10.7 Å². The Morgan fingerprint density at radius 3 is 2.55 bits per heavy atom. The average Bonchev–Trinajstić information content (AvgIpc) is 3.13. The van der Waals surface area contributed by atoms with Gasteiger partial charge in [0.2, 0.25) is 0 Å². The smallest absolute Gasteiger partial charge is 0.188 e. The van der Waals surface area contributed by atoms with Crippen molar-refractivity contribution in [3.63, 3.8) is 0 Å². The Bertz CT molecular complexity index is 1230. The predicted octanol–water partition coefficient (Wildman–Crippen LogP) is 5.67. The third kappa shape index (κ3) is 4.98. The number of anilines is 2. The number of fused-ring (bicyclic) bond motifs is 3. The van der Waals surface area contributed by atoms with E-state index in [1.54, 1.807) is 7.05 Å². The van der Waals surface area contributed by atoms with Crippen LogP contribution in [-0.2, 0) is 0 Å². The second kappa shape index (κ2) is 9.37. The highest BCUT2D eigenvalue weighted by atomic mass is 35.5. The molecule has 6 nitrogen and oxygen atoms in total. The minimum atomic E-state index is 0.420. The Kier molecular flexibility index (Phi) is 6.39. The number of rotatable bonds is 7. The maximum absolute atomic E-state index is 6.26. The van der Waals surface area contributed by atoms with E-state index in [0.29, 0.717) is 29.2 Å². The molecule has 4 aromatic rings. The Hall–Kier alpha value is -3.09. The first kappa shape index (κ1) is 21.2. The quantitative estimate of drug-likeness (QED) is 0.164. The van der Waals surface area contributed by atoms with Crippen LogP contribution >= 0.6 is 23.2 Å². The number of nitrogens with one attached hydrogen (secondary N) is 3. The average molecular weight is 456 g/mol. The van der Waals surface area contributed by atoms with Gasteiger partial charge in [-0.2, -0.15) is 0 Å². The number of H-pyrrole nitrogens is 1. The fourth-order valence-electron chi connectivity index (χ4n) is 3.38. The van der Waals surface area contributed by atoms with Crippen LogP contribution in [0.5, 0.6) is 5.75 Å². The lowest BCUT2D eigenvalue weighted by Gasteiger charge is -2.12. The summed E-state index contributed by atoms with van der Waals surface area (Å²) in [6, 6.07) is 17.5. The molecule has 0 aliphatic rings. The molecule has 3 aromatic carbocycles. The van der Waals surface area contributed by atoms with Crippen LogP contribution in [0.4, 0.5) is 11.4 Å². The summed E-state index contributed by atoms with van der Waals surface area (Å²) in [5.41, 5.74) is 9.44. The molecule has 0 amide bonds. The third-order valence-corrected chi connectivity index (χ3v) is 5.38. The molecule has 8 heteroatoms. The van der Waals surface area contributed by atoms with Crippen LogP contribution in [0.3, 0.4) is 0 Å². The highest BCUT2D eigenvalue weighted by molar-refractivity contribution is 6.32. The van der Waals surface area contributed by atoms with Gasteiger partial charge in [0, 0.05) is 57.4 Å².